The van der Waals surface area contributed by atoms with Crippen molar-refractivity contribution in [2.45, 2.75) is 45.7 Å². The lowest BCUT2D eigenvalue weighted by Gasteiger charge is -2.25. The van der Waals surface area contributed by atoms with Gasteiger partial charge in [-0.25, -0.2) is 4.79 Å². The van der Waals surface area contributed by atoms with Gasteiger partial charge in [0.05, 0.1) is 11.5 Å². The van der Waals surface area contributed by atoms with Crippen molar-refractivity contribution in [2.75, 3.05) is 0 Å². The van der Waals surface area contributed by atoms with Crippen molar-refractivity contribution < 1.29 is 23.1 Å². The second-order valence-corrected chi connectivity index (χ2v) is 6.48. The largest absolute Gasteiger partial charge is 0.478 e. The van der Waals surface area contributed by atoms with Crippen LogP contribution in [0.15, 0.2) is 42.0 Å². The standard InChI is InChI=1S/C21H23F3O2/c1-3-4-6-17(20(25)26)13-16-7-5-8-19(14(16)2)15-9-11-18(12-10-15)21(22,23)24/h4-9,13,18H,3,10-12H2,1-2H3,(H,25,26)/b6-4+,17-13+. The molecule has 0 fully saturated rings. The minimum atomic E-state index is -4.15. The van der Waals surface area contributed by atoms with Gasteiger partial charge in [-0.2, -0.15) is 13.2 Å². The summed E-state index contributed by atoms with van der Waals surface area (Å²) in [5.74, 6) is -2.28. The van der Waals surface area contributed by atoms with Crippen molar-refractivity contribution in [1.82, 2.24) is 0 Å². The van der Waals surface area contributed by atoms with Crippen LogP contribution in [0.2, 0.25) is 0 Å². The lowest BCUT2D eigenvalue weighted by atomic mass is 9.84. The van der Waals surface area contributed by atoms with E-state index in [1.165, 1.54) is 0 Å². The number of carboxylic acids is 1. The average Bonchev–Trinajstić information content (AvgIpc) is 2.59. The van der Waals surface area contributed by atoms with E-state index in [0.29, 0.717) is 6.42 Å². The van der Waals surface area contributed by atoms with Crippen LogP contribution in [0, 0.1) is 12.8 Å². The van der Waals surface area contributed by atoms with Gasteiger partial charge in [0.2, 0.25) is 0 Å². The first-order chi connectivity index (χ1) is 12.2. The highest BCUT2D eigenvalue weighted by atomic mass is 19.4. The van der Waals surface area contributed by atoms with Gasteiger partial charge in [-0.1, -0.05) is 43.4 Å². The Morgan fingerprint density at radius 3 is 2.62 bits per heavy atom. The third-order valence-corrected chi connectivity index (χ3v) is 4.69. The molecule has 1 N–H and O–H groups in total. The minimum absolute atomic E-state index is 0.00203. The summed E-state index contributed by atoms with van der Waals surface area (Å²) in [7, 11) is 0. The predicted octanol–water partition coefficient (Wildman–Crippen LogP) is 6.18. The van der Waals surface area contributed by atoms with E-state index < -0.39 is 18.1 Å². The Labute approximate surface area is 151 Å². The van der Waals surface area contributed by atoms with Crippen molar-refractivity contribution in [3.05, 3.63) is 58.7 Å². The highest BCUT2D eigenvalue weighted by Crippen LogP contribution is 2.40. The predicted molar refractivity (Wildman–Crippen MR) is 97.6 cm³/mol. The minimum Gasteiger partial charge on any atom is -0.478 e. The summed E-state index contributed by atoms with van der Waals surface area (Å²) in [6.07, 6.45) is 3.68. The number of alkyl halides is 3. The third kappa shape index (κ3) is 4.87. The van der Waals surface area contributed by atoms with E-state index in [9.17, 15) is 23.1 Å². The van der Waals surface area contributed by atoms with Crippen LogP contribution in [-0.2, 0) is 4.79 Å². The first-order valence-corrected chi connectivity index (χ1v) is 8.71. The van der Waals surface area contributed by atoms with Gasteiger partial charge in [-0.05, 0) is 60.9 Å². The summed E-state index contributed by atoms with van der Waals surface area (Å²) in [4.78, 5) is 11.4. The van der Waals surface area contributed by atoms with Crippen LogP contribution < -0.4 is 0 Å². The van der Waals surface area contributed by atoms with Gasteiger partial charge < -0.3 is 5.11 Å². The van der Waals surface area contributed by atoms with Gasteiger partial charge in [0.25, 0.3) is 0 Å². The fourth-order valence-corrected chi connectivity index (χ4v) is 3.13. The molecule has 2 rings (SSSR count). The van der Waals surface area contributed by atoms with Gasteiger partial charge in [-0.15, -0.1) is 0 Å². The molecule has 0 heterocycles. The molecule has 1 aliphatic rings. The molecule has 1 unspecified atom stereocenters. The van der Waals surface area contributed by atoms with Crippen LogP contribution in [0.4, 0.5) is 13.2 Å². The fourth-order valence-electron chi connectivity index (χ4n) is 3.13. The molecule has 140 valence electrons. The molecule has 1 aromatic carbocycles. The normalized spacial score (nSPS) is 18.9. The first kappa shape index (κ1) is 20.0. The van der Waals surface area contributed by atoms with Crippen molar-refractivity contribution in [3.8, 4) is 0 Å². The van der Waals surface area contributed by atoms with Crippen molar-refractivity contribution >= 4 is 17.6 Å². The Morgan fingerprint density at radius 2 is 2.08 bits per heavy atom. The number of halogens is 3. The summed E-state index contributed by atoms with van der Waals surface area (Å²) in [5, 5.41) is 9.34. The number of hydrogen-bond donors (Lipinski definition) is 1. The quantitative estimate of drug-likeness (QED) is 0.501. The van der Waals surface area contributed by atoms with Crippen LogP contribution in [0.1, 0.15) is 49.3 Å². The molecule has 0 saturated heterocycles. The number of allylic oxidation sites excluding steroid dienone is 3. The fraction of sp³-hybridized carbons (Fsp3) is 0.381. The second kappa shape index (κ2) is 8.39. The number of benzene rings is 1. The van der Waals surface area contributed by atoms with E-state index in [-0.39, 0.29) is 18.4 Å². The number of carboxylic acid groups (broad SMARTS) is 1. The molecule has 26 heavy (non-hydrogen) atoms. The maximum atomic E-state index is 12.8. The monoisotopic (exact) mass is 364 g/mol. The summed E-state index contributed by atoms with van der Waals surface area (Å²) < 4.78 is 38.5. The smallest absolute Gasteiger partial charge is 0.392 e. The summed E-state index contributed by atoms with van der Waals surface area (Å²) >= 11 is 0. The Balaban J connectivity index is 2.34. The van der Waals surface area contributed by atoms with Gasteiger partial charge in [0.15, 0.2) is 0 Å². The summed E-state index contributed by atoms with van der Waals surface area (Å²) in [6.45, 7) is 3.80. The molecule has 1 aromatic rings. The SMILES string of the molecule is CC/C=C/C(=C\c1cccc(C2=CCC(C(F)(F)F)CC2)c1C)C(=O)O. The molecule has 5 heteroatoms. The third-order valence-electron chi connectivity index (χ3n) is 4.69. The van der Waals surface area contributed by atoms with E-state index in [1.807, 2.05) is 32.0 Å². The van der Waals surface area contributed by atoms with Gasteiger partial charge in [0, 0.05) is 0 Å². The van der Waals surface area contributed by atoms with Crippen molar-refractivity contribution in [2.24, 2.45) is 5.92 Å². The molecule has 1 aliphatic carbocycles. The van der Waals surface area contributed by atoms with Crippen LogP contribution in [0.25, 0.3) is 11.6 Å². The summed E-state index contributed by atoms with van der Waals surface area (Å²) in [6, 6.07) is 5.52. The Bertz CT molecular complexity index is 755. The molecular formula is C21H23F3O2. The maximum Gasteiger partial charge on any atom is 0.392 e. The number of hydrogen-bond acceptors (Lipinski definition) is 1. The Hall–Kier alpha value is -2.30. The second-order valence-electron chi connectivity index (χ2n) is 6.48. The lowest BCUT2D eigenvalue weighted by molar-refractivity contribution is -0.175. The molecule has 1 atom stereocenters. The average molecular weight is 364 g/mol. The van der Waals surface area contributed by atoms with Gasteiger partial charge in [-0.3, -0.25) is 0 Å². The first-order valence-electron chi connectivity index (χ1n) is 8.71. The van der Waals surface area contributed by atoms with E-state index in [0.717, 1.165) is 28.7 Å². The number of aliphatic carboxylic acids is 1. The molecule has 0 radical (unpaired) electrons. The highest BCUT2D eigenvalue weighted by molar-refractivity contribution is 5.95. The topological polar surface area (TPSA) is 37.3 Å². The molecule has 0 aliphatic heterocycles. The molecule has 0 aromatic heterocycles. The van der Waals surface area contributed by atoms with Gasteiger partial charge in [0.1, 0.15) is 0 Å². The highest BCUT2D eigenvalue weighted by Gasteiger charge is 2.39. The van der Waals surface area contributed by atoms with E-state index in [4.69, 9.17) is 0 Å². The molecule has 0 spiro atoms. The van der Waals surface area contributed by atoms with Crippen LogP contribution in [0.3, 0.4) is 0 Å². The van der Waals surface area contributed by atoms with E-state index in [1.54, 1.807) is 24.3 Å². The molecule has 2 nitrogen and oxygen atoms in total. The molecule has 0 amide bonds. The number of carbonyl (C=O) groups is 1. The van der Waals surface area contributed by atoms with Gasteiger partial charge >= 0.3 is 12.1 Å². The Morgan fingerprint density at radius 1 is 1.35 bits per heavy atom. The van der Waals surface area contributed by atoms with E-state index >= 15 is 0 Å². The maximum absolute atomic E-state index is 12.8. The van der Waals surface area contributed by atoms with Crippen LogP contribution in [-0.4, -0.2) is 17.3 Å². The lowest BCUT2D eigenvalue weighted by Crippen LogP contribution is -2.24. The zero-order chi connectivity index (χ0) is 19.3. The van der Waals surface area contributed by atoms with Crippen LogP contribution in [0.5, 0.6) is 0 Å². The van der Waals surface area contributed by atoms with Crippen molar-refractivity contribution in [3.63, 3.8) is 0 Å². The Kier molecular flexibility index (Phi) is 6.46. The zero-order valence-electron chi connectivity index (χ0n) is 14.9. The summed E-state index contributed by atoms with van der Waals surface area (Å²) in [5.41, 5.74) is 3.62. The van der Waals surface area contributed by atoms with E-state index in [2.05, 4.69) is 0 Å². The zero-order valence-corrected chi connectivity index (χ0v) is 14.9. The van der Waals surface area contributed by atoms with Crippen molar-refractivity contribution in [1.29, 1.82) is 0 Å². The molecular weight excluding hydrogens is 341 g/mol. The number of rotatable bonds is 5. The van der Waals surface area contributed by atoms with Crippen LogP contribution >= 0.6 is 0 Å². The molecule has 0 bridgehead atoms. The molecule has 0 saturated carbocycles.